The number of carbonyl (C=O) groups is 1. The number of hydrogen-bond acceptors (Lipinski definition) is 4. The van der Waals surface area contributed by atoms with Crippen LogP contribution < -0.4 is 10.1 Å². The third-order valence-electron chi connectivity index (χ3n) is 3.66. The normalized spacial score (nSPS) is 13.3. The summed E-state index contributed by atoms with van der Waals surface area (Å²) in [5.41, 5.74) is 2.50. The maximum Gasteiger partial charge on any atom is 0.228 e. The van der Waals surface area contributed by atoms with Crippen LogP contribution in [-0.4, -0.2) is 27.2 Å². The Hall–Kier alpha value is -2.34. The number of anilines is 1. The molecule has 1 heterocycles. The van der Waals surface area contributed by atoms with E-state index in [2.05, 4.69) is 5.32 Å². The lowest BCUT2D eigenvalue weighted by Gasteiger charge is -2.08. The SMILES string of the molecule is CS(=O)(=O)c1cccc(NC(=O)Cc2ccc3c(c2)CCO3)c1. The summed E-state index contributed by atoms with van der Waals surface area (Å²) in [6.45, 7) is 0.684. The standard InChI is InChI=1S/C17H17NO4S/c1-23(20,21)15-4-2-3-14(11-15)18-17(19)10-12-5-6-16-13(9-12)7-8-22-16/h2-6,9,11H,7-8,10H2,1H3,(H,18,19). The quantitative estimate of drug-likeness (QED) is 0.932. The summed E-state index contributed by atoms with van der Waals surface area (Å²) in [5.74, 6) is 0.699. The van der Waals surface area contributed by atoms with E-state index in [-0.39, 0.29) is 17.2 Å². The molecule has 0 bridgehead atoms. The molecule has 2 aromatic carbocycles. The van der Waals surface area contributed by atoms with Gasteiger partial charge in [-0.3, -0.25) is 4.79 Å². The summed E-state index contributed by atoms with van der Waals surface area (Å²) >= 11 is 0. The van der Waals surface area contributed by atoms with Gasteiger partial charge in [0.05, 0.1) is 17.9 Å². The van der Waals surface area contributed by atoms with Gasteiger partial charge in [-0.15, -0.1) is 0 Å². The summed E-state index contributed by atoms with van der Waals surface area (Å²) in [4.78, 5) is 12.3. The monoisotopic (exact) mass is 331 g/mol. The molecular weight excluding hydrogens is 314 g/mol. The zero-order valence-electron chi connectivity index (χ0n) is 12.7. The van der Waals surface area contributed by atoms with Crippen molar-refractivity contribution in [2.45, 2.75) is 17.7 Å². The number of sulfone groups is 1. The van der Waals surface area contributed by atoms with Gasteiger partial charge in [-0.1, -0.05) is 18.2 Å². The summed E-state index contributed by atoms with van der Waals surface area (Å²) in [5, 5.41) is 2.74. The molecule has 1 aliphatic rings. The molecule has 0 spiro atoms. The number of nitrogens with one attached hydrogen (secondary N) is 1. The Balaban J connectivity index is 1.70. The van der Waals surface area contributed by atoms with Crippen molar-refractivity contribution in [1.29, 1.82) is 0 Å². The first kappa shape index (κ1) is 15.6. The van der Waals surface area contributed by atoms with Crippen LogP contribution >= 0.6 is 0 Å². The van der Waals surface area contributed by atoms with Crippen LogP contribution in [0.25, 0.3) is 0 Å². The lowest BCUT2D eigenvalue weighted by Crippen LogP contribution is -2.14. The average molecular weight is 331 g/mol. The van der Waals surface area contributed by atoms with Crippen LogP contribution in [0.3, 0.4) is 0 Å². The fourth-order valence-electron chi connectivity index (χ4n) is 2.54. The number of fused-ring (bicyclic) bond motifs is 1. The van der Waals surface area contributed by atoms with Crippen molar-refractivity contribution < 1.29 is 17.9 Å². The summed E-state index contributed by atoms with van der Waals surface area (Å²) in [6, 6.07) is 12.0. The van der Waals surface area contributed by atoms with Crippen LogP contribution in [0.1, 0.15) is 11.1 Å². The lowest BCUT2D eigenvalue weighted by molar-refractivity contribution is -0.115. The van der Waals surface area contributed by atoms with Gasteiger partial charge in [0.15, 0.2) is 9.84 Å². The van der Waals surface area contributed by atoms with Crippen molar-refractivity contribution in [1.82, 2.24) is 0 Å². The van der Waals surface area contributed by atoms with E-state index >= 15 is 0 Å². The van der Waals surface area contributed by atoms with Crippen LogP contribution in [0.5, 0.6) is 5.75 Å². The van der Waals surface area contributed by atoms with Crippen molar-refractivity contribution in [3.63, 3.8) is 0 Å². The van der Waals surface area contributed by atoms with Crippen LogP contribution in [0.2, 0.25) is 0 Å². The first-order valence-corrected chi connectivity index (χ1v) is 9.15. The van der Waals surface area contributed by atoms with E-state index in [0.717, 1.165) is 29.6 Å². The van der Waals surface area contributed by atoms with Gasteiger partial charge in [-0.2, -0.15) is 0 Å². The molecule has 0 unspecified atom stereocenters. The molecule has 6 heteroatoms. The number of amides is 1. The molecule has 1 aliphatic heterocycles. The highest BCUT2D eigenvalue weighted by Crippen LogP contribution is 2.26. The highest BCUT2D eigenvalue weighted by atomic mass is 32.2. The Kier molecular flexibility index (Phi) is 4.09. The molecule has 0 saturated heterocycles. The predicted molar refractivity (Wildman–Crippen MR) is 87.5 cm³/mol. The molecule has 0 fully saturated rings. The molecule has 5 nitrogen and oxygen atoms in total. The van der Waals surface area contributed by atoms with Crippen LogP contribution in [0.4, 0.5) is 5.69 Å². The van der Waals surface area contributed by atoms with Gasteiger partial charge < -0.3 is 10.1 Å². The van der Waals surface area contributed by atoms with E-state index < -0.39 is 9.84 Å². The highest BCUT2D eigenvalue weighted by molar-refractivity contribution is 7.90. The zero-order valence-corrected chi connectivity index (χ0v) is 13.5. The van der Waals surface area contributed by atoms with Crippen molar-refractivity contribution in [2.24, 2.45) is 0 Å². The average Bonchev–Trinajstić information content (AvgIpc) is 2.94. The molecule has 2 aromatic rings. The fraction of sp³-hybridized carbons (Fsp3) is 0.235. The number of hydrogen-bond donors (Lipinski definition) is 1. The molecule has 1 amide bonds. The number of ether oxygens (including phenoxy) is 1. The van der Waals surface area contributed by atoms with Gasteiger partial charge in [0.2, 0.25) is 5.91 Å². The topological polar surface area (TPSA) is 72.5 Å². The predicted octanol–water partition coefficient (Wildman–Crippen LogP) is 2.21. The first-order valence-electron chi connectivity index (χ1n) is 7.26. The van der Waals surface area contributed by atoms with Crippen LogP contribution in [0.15, 0.2) is 47.4 Å². The minimum atomic E-state index is -3.29. The molecule has 1 N–H and O–H groups in total. The van der Waals surface area contributed by atoms with Crippen LogP contribution in [0, 0.1) is 0 Å². The molecule has 120 valence electrons. The van der Waals surface area contributed by atoms with Gasteiger partial charge in [0.25, 0.3) is 0 Å². The summed E-state index contributed by atoms with van der Waals surface area (Å²) < 4.78 is 28.5. The molecule has 0 radical (unpaired) electrons. The third kappa shape index (κ3) is 3.71. The minimum Gasteiger partial charge on any atom is -0.493 e. The maximum absolute atomic E-state index is 12.2. The molecule has 0 aliphatic carbocycles. The Labute approximate surface area is 135 Å². The van der Waals surface area contributed by atoms with E-state index in [1.165, 1.54) is 12.1 Å². The minimum absolute atomic E-state index is 0.185. The van der Waals surface area contributed by atoms with Crippen molar-refractivity contribution in [2.75, 3.05) is 18.2 Å². The fourth-order valence-corrected chi connectivity index (χ4v) is 3.21. The number of rotatable bonds is 4. The molecule has 0 aromatic heterocycles. The smallest absolute Gasteiger partial charge is 0.228 e. The van der Waals surface area contributed by atoms with Gasteiger partial charge in [-0.05, 0) is 35.4 Å². The highest BCUT2D eigenvalue weighted by Gasteiger charge is 2.14. The third-order valence-corrected chi connectivity index (χ3v) is 4.77. The Morgan fingerprint density at radius 1 is 1.22 bits per heavy atom. The summed E-state index contributed by atoms with van der Waals surface area (Å²) in [7, 11) is -3.29. The maximum atomic E-state index is 12.2. The zero-order chi connectivity index (χ0) is 16.4. The van der Waals surface area contributed by atoms with Gasteiger partial charge in [-0.25, -0.2) is 8.42 Å². The largest absolute Gasteiger partial charge is 0.493 e. The lowest BCUT2D eigenvalue weighted by atomic mass is 10.1. The van der Waals surface area contributed by atoms with Crippen molar-refractivity contribution in [3.05, 3.63) is 53.6 Å². The second kappa shape index (κ2) is 6.04. The van der Waals surface area contributed by atoms with Gasteiger partial charge in [0, 0.05) is 18.4 Å². The number of carbonyl (C=O) groups excluding carboxylic acids is 1. The Morgan fingerprint density at radius 2 is 2.04 bits per heavy atom. The Morgan fingerprint density at radius 3 is 2.83 bits per heavy atom. The number of benzene rings is 2. The van der Waals surface area contributed by atoms with E-state index in [1.54, 1.807) is 12.1 Å². The van der Waals surface area contributed by atoms with Crippen LogP contribution in [-0.2, 0) is 27.5 Å². The van der Waals surface area contributed by atoms with E-state index in [1.807, 2.05) is 18.2 Å². The first-order chi connectivity index (χ1) is 10.9. The molecular formula is C17H17NO4S. The van der Waals surface area contributed by atoms with Crippen molar-refractivity contribution >= 4 is 21.4 Å². The molecule has 0 saturated carbocycles. The van der Waals surface area contributed by atoms with Gasteiger partial charge >= 0.3 is 0 Å². The van der Waals surface area contributed by atoms with Gasteiger partial charge in [0.1, 0.15) is 5.75 Å². The van der Waals surface area contributed by atoms with E-state index in [9.17, 15) is 13.2 Å². The second-order valence-corrected chi connectivity index (χ2v) is 7.58. The second-order valence-electron chi connectivity index (χ2n) is 5.57. The summed E-state index contributed by atoms with van der Waals surface area (Å²) in [6.07, 6.45) is 2.23. The van der Waals surface area contributed by atoms with E-state index in [4.69, 9.17) is 4.74 Å². The Bertz CT molecular complexity index is 859. The van der Waals surface area contributed by atoms with Crippen molar-refractivity contribution in [3.8, 4) is 5.75 Å². The molecule has 0 atom stereocenters. The molecule has 23 heavy (non-hydrogen) atoms. The van der Waals surface area contributed by atoms with E-state index in [0.29, 0.717) is 12.3 Å². The molecule has 3 rings (SSSR count).